The van der Waals surface area contributed by atoms with Crippen LogP contribution in [-0.2, 0) is 13.1 Å². The van der Waals surface area contributed by atoms with Gasteiger partial charge in [0.1, 0.15) is 5.69 Å². The summed E-state index contributed by atoms with van der Waals surface area (Å²) in [6.07, 6.45) is 5.48. The molecule has 0 spiro atoms. The van der Waals surface area contributed by atoms with Crippen LogP contribution in [0, 0.1) is 21.4 Å². The topological polar surface area (TPSA) is 96.8 Å². The van der Waals surface area contributed by atoms with Crippen LogP contribution in [0.5, 0.6) is 0 Å². The summed E-state index contributed by atoms with van der Waals surface area (Å²) in [6.45, 7) is 1.17. The van der Waals surface area contributed by atoms with Crippen molar-refractivity contribution in [1.82, 2.24) is 9.55 Å². The smallest absolute Gasteiger partial charge is 0.293 e. The van der Waals surface area contributed by atoms with Crippen molar-refractivity contribution < 1.29 is 4.92 Å². The molecule has 1 heterocycles. The number of hydrogen-bond acceptors (Lipinski definition) is 5. The molecule has 0 aliphatic rings. The van der Waals surface area contributed by atoms with Crippen LogP contribution in [0.2, 0.25) is 0 Å². The molecule has 7 nitrogen and oxygen atoms in total. The van der Waals surface area contributed by atoms with Gasteiger partial charge in [-0.2, -0.15) is 5.26 Å². The van der Waals surface area contributed by atoms with E-state index >= 15 is 0 Å². The van der Waals surface area contributed by atoms with E-state index in [1.54, 1.807) is 24.7 Å². The Morgan fingerprint density at radius 2 is 1.90 bits per heavy atom. The normalized spacial score (nSPS) is 10.4. The molecule has 0 atom stereocenters. The highest BCUT2D eigenvalue weighted by molar-refractivity contribution is 5.69. The fourth-order valence-corrected chi connectivity index (χ4v) is 3.43. The lowest BCUT2D eigenvalue weighted by Gasteiger charge is -2.13. The first kappa shape index (κ1) is 19.9. The van der Waals surface area contributed by atoms with E-state index in [1.165, 1.54) is 11.6 Å². The third kappa shape index (κ3) is 4.60. The minimum absolute atomic E-state index is 0.111. The van der Waals surface area contributed by atoms with E-state index < -0.39 is 4.92 Å². The lowest BCUT2D eigenvalue weighted by Crippen LogP contribution is -2.04. The number of nitrogens with one attached hydrogen (secondary N) is 1. The number of aromatic nitrogens is 2. The number of imidazole rings is 1. The highest BCUT2D eigenvalue weighted by Gasteiger charge is 2.15. The molecule has 0 bridgehead atoms. The second kappa shape index (κ2) is 8.93. The molecule has 0 saturated carbocycles. The Balaban J connectivity index is 1.54. The lowest BCUT2D eigenvalue weighted by molar-refractivity contribution is -0.384. The van der Waals surface area contributed by atoms with Gasteiger partial charge in [0, 0.05) is 31.5 Å². The van der Waals surface area contributed by atoms with Gasteiger partial charge < -0.3 is 9.88 Å². The summed E-state index contributed by atoms with van der Waals surface area (Å²) in [5.74, 6) is 0. The summed E-state index contributed by atoms with van der Waals surface area (Å²) in [7, 11) is 0. The zero-order valence-electron chi connectivity index (χ0n) is 16.6. The number of hydrogen-bond donors (Lipinski definition) is 1. The van der Waals surface area contributed by atoms with Gasteiger partial charge in [0.15, 0.2) is 0 Å². The van der Waals surface area contributed by atoms with Crippen LogP contribution in [0.3, 0.4) is 0 Å². The molecule has 7 heteroatoms. The van der Waals surface area contributed by atoms with Crippen molar-refractivity contribution in [3.8, 4) is 17.2 Å². The Morgan fingerprint density at radius 1 is 1.10 bits per heavy atom. The maximum atomic E-state index is 11.4. The Bertz CT molecular complexity index is 1240. The van der Waals surface area contributed by atoms with Gasteiger partial charge in [-0.3, -0.25) is 10.1 Å². The molecule has 0 saturated heterocycles. The summed E-state index contributed by atoms with van der Waals surface area (Å²) in [5, 5.41) is 23.5. The molecule has 0 unspecified atom stereocenters. The third-order valence-electron chi connectivity index (χ3n) is 5.00. The number of nitriles is 1. The first-order valence-corrected chi connectivity index (χ1v) is 9.69. The quantitative estimate of drug-likeness (QED) is 0.343. The second-order valence-electron chi connectivity index (χ2n) is 7.04. The van der Waals surface area contributed by atoms with Crippen molar-refractivity contribution in [2.45, 2.75) is 13.1 Å². The molecule has 1 N–H and O–H groups in total. The molecule has 0 amide bonds. The maximum Gasteiger partial charge on any atom is 0.293 e. The van der Waals surface area contributed by atoms with Gasteiger partial charge in [-0.25, -0.2) is 4.98 Å². The number of benzene rings is 3. The number of rotatable bonds is 7. The van der Waals surface area contributed by atoms with Crippen molar-refractivity contribution in [2.24, 2.45) is 0 Å². The van der Waals surface area contributed by atoms with E-state index in [0.717, 1.165) is 23.2 Å². The van der Waals surface area contributed by atoms with Gasteiger partial charge in [-0.15, -0.1) is 0 Å². The summed E-state index contributed by atoms with van der Waals surface area (Å²) < 4.78 is 2.01. The molecule has 0 aliphatic carbocycles. The summed E-state index contributed by atoms with van der Waals surface area (Å²) in [4.78, 5) is 15.0. The fraction of sp³-hybridized carbons (Fsp3) is 0.0833. The van der Waals surface area contributed by atoms with Crippen LogP contribution in [0.4, 0.5) is 11.4 Å². The Kier molecular flexibility index (Phi) is 5.72. The van der Waals surface area contributed by atoms with Crippen molar-refractivity contribution in [2.75, 3.05) is 5.32 Å². The van der Waals surface area contributed by atoms with Crippen molar-refractivity contribution in [3.05, 3.63) is 112 Å². The third-order valence-corrected chi connectivity index (χ3v) is 5.00. The average molecular weight is 409 g/mol. The van der Waals surface area contributed by atoms with Crippen LogP contribution >= 0.6 is 0 Å². The highest BCUT2D eigenvalue weighted by atomic mass is 16.6. The zero-order chi connectivity index (χ0) is 21.6. The summed E-state index contributed by atoms with van der Waals surface area (Å²) in [5.41, 5.74) is 4.85. The van der Waals surface area contributed by atoms with E-state index in [-0.39, 0.29) is 11.3 Å². The van der Waals surface area contributed by atoms with Crippen LogP contribution in [0.1, 0.15) is 16.7 Å². The van der Waals surface area contributed by atoms with Gasteiger partial charge in [0.05, 0.1) is 22.9 Å². The maximum absolute atomic E-state index is 11.4. The molecule has 0 radical (unpaired) electrons. The predicted molar refractivity (Wildman–Crippen MR) is 118 cm³/mol. The number of nitro groups is 1. The minimum Gasteiger partial charge on any atom is -0.375 e. The van der Waals surface area contributed by atoms with Crippen molar-refractivity contribution in [3.63, 3.8) is 0 Å². The predicted octanol–water partition coefficient (Wildman–Crippen LogP) is 4.99. The summed E-state index contributed by atoms with van der Waals surface area (Å²) >= 11 is 0. The largest absolute Gasteiger partial charge is 0.375 e. The summed E-state index contributed by atoms with van der Waals surface area (Å²) in [6, 6.07) is 22.7. The SMILES string of the molecule is N#Cc1ccc(NCc2ccccc2-c2ccc(Cn3ccnc3)cc2)c([N+](=O)[O-])c1. The van der Waals surface area contributed by atoms with Gasteiger partial charge in [0.25, 0.3) is 5.69 Å². The molecular weight excluding hydrogens is 390 g/mol. The molecular formula is C24H19N5O2. The standard InChI is InChI=1S/C24H19N5O2/c25-14-19-7-10-23(24(13-19)29(30)31)27-15-21-3-1-2-4-22(21)20-8-5-18(6-9-20)16-28-12-11-26-17-28/h1-13,17,27H,15-16H2. The highest BCUT2D eigenvalue weighted by Crippen LogP contribution is 2.28. The van der Waals surface area contributed by atoms with Crippen LogP contribution in [0.15, 0.2) is 85.5 Å². The molecule has 3 aromatic carbocycles. The average Bonchev–Trinajstić information content (AvgIpc) is 3.31. The zero-order valence-corrected chi connectivity index (χ0v) is 16.6. The second-order valence-corrected chi connectivity index (χ2v) is 7.04. The van der Waals surface area contributed by atoms with Gasteiger partial charge >= 0.3 is 0 Å². The van der Waals surface area contributed by atoms with E-state index in [2.05, 4.69) is 34.6 Å². The number of nitrogens with zero attached hydrogens (tertiary/aromatic N) is 4. The van der Waals surface area contributed by atoms with Crippen LogP contribution in [0.25, 0.3) is 11.1 Å². The monoisotopic (exact) mass is 409 g/mol. The fourth-order valence-electron chi connectivity index (χ4n) is 3.43. The van der Waals surface area contributed by atoms with Crippen LogP contribution < -0.4 is 5.32 Å². The first-order chi connectivity index (χ1) is 15.1. The van der Waals surface area contributed by atoms with Gasteiger partial charge in [-0.1, -0.05) is 48.5 Å². The molecule has 0 fully saturated rings. The lowest BCUT2D eigenvalue weighted by atomic mass is 9.98. The number of nitro benzene ring substituents is 1. The molecule has 4 aromatic rings. The Hall–Kier alpha value is -4.44. The van der Waals surface area contributed by atoms with Crippen LogP contribution in [-0.4, -0.2) is 14.5 Å². The van der Waals surface area contributed by atoms with E-state index in [4.69, 9.17) is 5.26 Å². The molecule has 4 rings (SSSR count). The minimum atomic E-state index is -0.478. The molecule has 31 heavy (non-hydrogen) atoms. The van der Waals surface area contributed by atoms with E-state index in [9.17, 15) is 10.1 Å². The molecule has 0 aliphatic heterocycles. The van der Waals surface area contributed by atoms with Gasteiger partial charge in [-0.05, 0) is 34.4 Å². The van der Waals surface area contributed by atoms with Crippen molar-refractivity contribution in [1.29, 1.82) is 5.26 Å². The number of anilines is 1. The molecule has 1 aromatic heterocycles. The Labute approximate surface area is 179 Å². The van der Waals surface area contributed by atoms with E-state index in [0.29, 0.717) is 12.2 Å². The molecule has 152 valence electrons. The van der Waals surface area contributed by atoms with Gasteiger partial charge in [0.2, 0.25) is 0 Å². The van der Waals surface area contributed by atoms with Crippen molar-refractivity contribution >= 4 is 11.4 Å². The first-order valence-electron chi connectivity index (χ1n) is 9.69. The Morgan fingerprint density at radius 3 is 2.61 bits per heavy atom. The van der Waals surface area contributed by atoms with E-state index in [1.807, 2.05) is 41.1 Å².